The maximum absolute atomic E-state index is 5.39. The minimum atomic E-state index is 0.797. The standard InChI is InChI=1S/C14H24N4O/c1-3-15-13-10-14(17-11-16-13)18(2)7-4-12-5-8-19-9-6-12/h10-12H,3-9H2,1-2H3,(H,15,16,17). The third-order valence-corrected chi connectivity index (χ3v) is 3.62. The number of hydrogen-bond donors (Lipinski definition) is 1. The maximum Gasteiger partial charge on any atom is 0.133 e. The largest absolute Gasteiger partial charge is 0.381 e. The van der Waals surface area contributed by atoms with Crippen molar-refractivity contribution in [2.45, 2.75) is 26.2 Å². The Morgan fingerprint density at radius 3 is 2.89 bits per heavy atom. The highest BCUT2D eigenvalue weighted by Gasteiger charge is 2.14. The lowest BCUT2D eigenvalue weighted by molar-refractivity contribution is 0.0645. The van der Waals surface area contributed by atoms with Gasteiger partial charge in [0.05, 0.1) is 0 Å². The van der Waals surface area contributed by atoms with Gasteiger partial charge in [-0.3, -0.25) is 0 Å². The highest BCUT2D eigenvalue weighted by atomic mass is 16.5. The summed E-state index contributed by atoms with van der Waals surface area (Å²) in [6.07, 6.45) is 5.22. The van der Waals surface area contributed by atoms with Crippen LogP contribution in [0, 0.1) is 5.92 Å². The molecule has 2 rings (SSSR count). The van der Waals surface area contributed by atoms with E-state index in [0.29, 0.717) is 0 Å². The molecule has 106 valence electrons. The van der Waals surface area contributed by atoms with Gasteiger partial charge in [-0.1, -0.05) is 0 Å². The van der Waals surface area contributed by atoms with Gasteiger partial charge >= 0.3 is 0 Å². The second-order valence-electron chi connectivity index (χ2n) is 5.06. The molecule has 1 aliphatic rings. The van der Waals surface area contributed by atoms with Crippen molar-refractivity contribution >= 4 is 11.6 Å². The third kappa shape index (κ3) is 4.35. The molecule has 1 aromatic heterocycles. The lowest BCUT2D eigenvalue weighted by Crippen LogP contribution is -2.25. The van der Waals surface area contributed by atoms with E-state index in [0.717, 1.165) is 43.9 Å². The minimum Gasteiger partial charge on any atom is -0.381 e. The lowest BCUT2D eigenvalue weighted by atomic mass is 9.96. The van der Waals surface area contributed by atoms with Crippen molar-refractivity contribution in [2.75, 3.05) is 43.6 Å². The summed E-state index contributed by atoms with van der Waals surface area (Å²) in [6, 6.07) is 2.01. The molecule has 0 bridgehead atoms. The van der Waals surface area contributed by atoms with Gasteiger partial charge in [-0.15, -0.1) is 0 Å². The van der Waals surface area contributed by atoms with Crippen LogP contribution in [-0.2, 0) is 4.74 Å². The van der Waals surface area contributed by atoms with Gasteiger partial charge < -0.3 is 15.0 Å². The first-order valence-electron chi connectivity index (χ1n) is 7.14. The molecule has 0 saturated carbocycles. The lowest BCUT2D eigenvalue weighted by Gasteiger charge is -2.25. The Kier molecular flexibility index (Phi) is 5.39. The van der Waals surface area contributed by atoms with E-state index < -0.39 is 0 Å². The van der Waals surface area contributed by atoms with Gasteiger partial charge in [0.25, 0.3) is 0 Å². The van der Waals surface area contributed by atoms with Crippen LogP contribution in [0.3, 0.4) is 0 Å². The molecule has 5 heteroatoms. The zero-order valence-electron chi connectivity index (χ0n) is 11.9. The number of ether oxygens (including phenoxy) is 1. The van der Waals surface area contributed by atoms with E-state index in [2.05, 4.69) is 34.2 Å². The average molecular weight is 264 g/mol. The van der Waals surface area contributed by atoms with Crippen molar-refractivity contribution in [3.63, 3.8) is 0 Å². The number of hydrogen-bond acceptors (Lipinski definition) is 5. The van der Waals surface area contributed by atoms with Crippen LogP contribution < -0.4 is 10.2 Å². The molecule has 0 aromatic carbocycles. The van der Waals surface area contributed by atoms with Gasteiger partial charge in [0.1, 0.15) is 18.0 Å². The quantitative estimate of drug-likeness (QED) is 0.853. The highest BCUT2D eigenvalue weighted by Crippen LogP contribution is 2.20. The fourth-order valence-corrected chi connectivity index (χ4v) is 2.36. The van der Waals surface area contributed by atoms with E-state index in [1.807, 2.05) is 6.07 Å². The summed E-state index contributed by atoms with van der Waals surface area (Å²) in [5.41, 5.74) is 0. The number of aromatic nitrogens is 2. The third-order valence-electron chi connectivity index (χ3n) is 3.62. The van der Waals surface area contributed by atoms with Crippen molar-refractivity contribution < 1.29 is 4.74 Å². The summed E-state index contributed by atoms with van der Waals surface area (Å²) in [5.74, 6) is 2.68. The second-order valence-corrected chi connectivity index (χ2v) is 5.06. The van der Waals surface area contributed by atoms with Gasteiger partial charge in [-0.25, -0.2) is 9.97 Å². The van der Waals surface area contributed by atoms with Crippen molar-refractivity contribution in [1.29, 1.82) is 0 Å². The Balaban J connectivity index is 1.84. The van der Waals surface area contributed by atoms with Gasteiger partial charge in [0.15, 0.2) is 0 Å². The van der Waals surface area contributed by atoms with Gasteiger partial charge in [0, 0.05) is 39.4 Å². The van der Waals surface area contributed by atoms with Crippen LogP contribution >= 0.6 is 0 Å². The van der Waals surface area contributed by atoms with Crippen LogP contribution in [0.15, 0.2) is 12.4 Å². The van der Waals surface area contributed by atoms with Crippen LogP contribution in [0.25, 0.3) is 0 Å². The molecule has 0 aliphatic carbocycles. The molecule has 0 atom stereocenters. The van der Waals surface area contributed by atoms with Crippen LogP contribution in [0.2, 0.25) is 0 Å². The van der Waals surface area contributed by atoms with E-state index in [4.69, 9.17) is 4.74 Å². The topological polar surface area (TPSA) is 50.3 Å². The molecule has 5 nitrogen and oxygen atoms in total. The summed E-state index contributed by atoms with van der Waals surface area (Å²) in [5, 5.41) is 3.21. The first-order valence-corrected chi connectivity index (χ1v) is 7.14. The molecule has 19 heavy (non-hydrogen) atoms. The van der Waals surface area contributed by atoms with Crippen molar-refractivity contribution in [3.05, 3.63) is 12.4 Å². The summed E-state index contributed by atoms with van der Waals surface area (Å²) in [6.45, 7) is 5.82. The van der Waals surface area contributed by atoms with Crippen LogP contribution in [0.1, 0.15) is 26.2 Å². The Morgan fingerprint density at radius 1 is 1.37 bits per heavy atom. The summed E-state index contributed by atoms with van der Waals surface area (Å²) >= 11 is 0. The molecule has 0 radical (unpaired) electrons. The fraction of sp³-hybridized carbons (Fsp3) is 0.714. The van der Waals surface area contributed by atoms with Gasteiger partial charge in [0.2, 0.25) is 0 Å². The minimum absolute atomic E-state index is 0.797. The second kappa shape index (κ2) is 7.28. The summed E-state index contributed by atoms with van der Waals surface area (Å²) in [7, 11) is 2.09. The number of rotatable bonds is 6. The average Bonchev–Trinajstić information content (AvgIpc) is 2.46. The summed E-state index contributed by atoms with van der Waals surface area (Å²) < 4.78 is 5.39. The smallest absolute Gasteiger partial charge is 0.133 e. The zero-order chi connectivity index (χ0) is 13.5. The normalized spacial score (nSPS) is 16.3. The first kappa shape index (κ1) is 14.1. The Labute approximate surface area is 115 Å². The van der Waals surface area contributed by atoms with E-state index in [1.165, 1.54) is 19.3 Å². The van der Waals surface area contributed by atoms with Crippen molar-refractivity contribution in [2.24, 2.45) is 5.92 Å². The molecule has 1 N–H and O–H groups in total. The van der Waals surface area contributed by atoms with E-state index in [-0.39, 0.29) is 0 Å². The van der Waals surface area contributed by atoms with Gasteiger partial charge in [-0.05, 0) is 32.1 Å². The molecular weight excluding hydrogens is 240 g/mol. The molecular formula is C14H24N4O. The van der Waals surface area contributed by atoms with E-state index in [1.54, 1.807) is 6.33 Å². The molecule has 1 aliphatic heterocycles. The number of nitrogens with zero attached hydrogens (tertiary/aromatic N) is 3. The molecule has 1 fully saturated rings. The van der Waals surface area contributed by atoms with E-state index in [9.17, 15) is 0 Å². The molecule has 1 saturated heterocycles. The Hall–Kier alpha value is -1.36. The van der Waals surface area contributed by atoms with Crippen LogP contribution in [0.4, 0.5) is 11.6 Å². The van der Waals surface area contributed by atoms with Crippen LogP contribution in [0.5, 0.6) is 0 Å². The van der Waals surface area contributed by atoms with Crippen molar-refractivity contribution in [1.82, 2.24) is 9.97 Å². The highest BCUT2D eigenvalue weighted by molar-refractivity contribution is 5.47. The predicted octanol–water partition coefficient (Wildman–Crippen LogP) is 2.16. The number of anilines is 2. The monoisotopic (exact) mass is 264 g/mol. The fourth-order valence-electron chi connectivity index (χ4n) is 2.36. The first-order chi connectivity index (χ1) is 9.29. The molecule has 0 amide bonds. The maximum atomic E-state index is 5.39. The molecule has 1 aromatic rings. The van der Waals surface area contributed by atoms with Crippen LogP contribution in [-0.4, -0.2) is 43.3 Å². The SMILES string of the molecule is CCNc1cc(N(C)CCC2CCOCC2)ncn1. The predicted molar refractivity (Wildman–Crippen MR) is 77.6 cm³/mol. The molecule has 0 unspecified atom stereocenters. The summed E-state index contributed by atoms with van der Waals surface area (Å²) in [4.78, 5) is 10.7. The molecule has 0 spiro atoms. The number of nitrogens with one attached hydrogen (secondary N) is 1. The molecule has 2 heterocycles. The van der Waals surface area contributed by atoms with Gasteiger partial charge in [-0.2, -0.15) is 0 Å². The Morgan fingerprint density at radius 2 is 2.16 bits per heavy atom. The Bertz CT molecular complexity index is 379. The van der Waals surface area contributed by atoms with Crippen molar-refractivity contribution in [3.8, 4) is 0 Å². The zero-order valence-corrected chi connectivity index (χ0v) is 11.9. The van der Waals surface area contributed by atoms with E-state index >= 15 is 0 Å².